The maximum Gasteiger partial charge on any atom is 0.395 e. The average Bonchev–Trinajstić information content (AvgIpc) is 3.16. The lowest BCUT2D eigenvalue weighted by atomic mass is 10.1. The molecule has 0 fully saturated rings. The molecule has 0 radical (unpaired) electrons. The molecule has 0 saturated carbocycles. The summed E-state index contributed by atoms with van der Waals surface area (Å²) in [6.07, 6.45) is 5.13. The second kappa shape index (κ2) is 14.2. The van der Waals surface area contributed by atoms with Crippen LogP contribution in [-0.2, 0) is 11.3 Å². The molecule has 4 nitrogen and oxygen atoms in total. The van der Waals surface area contributed by atoms with Crippen molar-refractivity contribution in [1.82, 2.24) is 9.78 Å². The lowest BCUT2D eigenvalue weighted by molar-refractivity contribution is -0.160. The van der Waals surface area contributed by atoms with Gasteiger partial charge in [0.05, 0.1) is 36.4 Å². The number of aryl methyl sites for hydroxylation is 1. The van der Waals surface area contributed by atoms with E-state index in [4.69, 9.17) is 0 Å². The number of hydrogen-bond acceptors (Lipinski definition) is 3. The molecule has 0 bridgehead atoms. The first-order valence-corrected chi connectivity index (χ1v) is 10.00. The second-order valence-electron chi connectivity index (χ2n) is 5.42. The zero-order valence-electron chi connectivity index (χ0n) is 16.8. The Balaban J connectivity index is 0.000000485. The van der Waals surface area contributed by atoms with Crippen molar-refractivity contribution in [2.45, 2.75) is 44.7 Å². The molecule has 1 aromatic heterocycles. The number of alkyl halides is 4. The highest BCUT2D eigenvalue weighted by Crippen LogP contribution is 2.29. The predicted octanol–water partition coefficient (Wildman–Crippen LogP) is 6.06. The molecule has 1 aliphatic heterocycles. The fourth-order valence-corrected chi connectivity index (χ4v) is 2.50. The maximum atomic E-state index is 12.0. The zero-order chi connectivity index (χ0) is 21.6. The average molecular weight is 464 g/mol. The monoisotopic (exact) mass is 463 g/mol. The molecule has 0 spiro atoms. The third-order valence-corrected chi connectivity index (χ3v) is 4.01. The number of aliphatic imine (C=N–C) groups is 1. The lowest BCUT2D eigenvalue weighted by Crippen LogP contribution is -2.19. The summed E-state index contributed by atoms with van der Waals surface area (Å²) in [5.41, 5.74) is 2.10. The van der Waals surface area contributed by atoms with E-state index in [2.05, 4.69) is 50.3 Å². The van der Waals surface area contributed by atoms with Gasteiger partial charge in [-0.25, -0.2) is 0 Å². The van der Waals surface area contributed by atoms with Crippen LogP contribution in [0, 0.1) is 5.92 Å². The summed E-state index contributed by atoms with van der Waals surface area (Å²) in [4.78, 5) is 4.60. The Morgan fingerprint density at radius 3 is 2.57 bits per heavy atom. The molecule has 28 heavy (non-hydrogen) atoms. The smallest absolute Gasteiger partial charge is 0.395 e. The van der Waals surface area contributed by atoms with Crippen molar-refractivity contribution in [1.29, 1.82) is 0 Å². The van der Waals surface area contributed by atoms with Crippen molar-refractivity contribution in [3.8, 4) is 0 Å². The van der Waals surface area contributed by atoms with Crippen LogP contribution in [0.15, 0.2) is 48.3 Å². The molecule has 0 amide bonds. The van der Waals surface area contributed by atoms with E-state index in [1.807, 2.05) is 37.0 Å². The Kier molecular flexibility index (Phi) is 13.3. The Hall–Kier alpha value is -1.83. The Labute approximate surface area is 174 Å². The van der Waals surface area contributed by atoms with E-state index in [1.54, 1.807) is 0 Å². The van der Waals surface area contributed by atoms with Gasteiger partial charge in [-0.1, -0.05) is 41.9 Å². The minimum Gasteiger partial charge on any atom is -0.505 e. The van der Waals surface area contributed by atoms with E-state index in [1.165, 1.54) is 19.4 Å². The van der Waals surface area contributed by atoms with Crippen molar-refractivity contribution < 1.29 is 17.9 Å². The number of rotatable bonds is 6. The number of allylic oxidation sites excluding steroid dienone is 3. The van der Waals surface area contributed by atoms with Crippen molar-refractivity contribution >= 4 is 27.7 Å². The van der Waals surface area contributed by atoms with E-state index in [0.717, 1.165) is 30.4 Å². The number of halogens is 4. The third-order valence-electron chi connectivity index (χ3n) is 3.46. The topological polar surface area (TPSA) is 39.4 Å². The minimum atomic E-state index is -4.21. The molecule has 0 aromatic carbocycles. The largest absolute Gasteiger partial charge is 0.505 e. The number of dihydropyridines is 1. The van der Waals surface area contributed by atoms with Crippen LogP contribution < -0.4 is 0 Å². The normalized spacial score (nSPS) is 17.0. The van der Waals surface area contributed by atoms with Crippen LogP contribution >= 0.6 is 15.9 Å². The molecular weight excluding hydrogens is 435 g/mol. The van der Waals surface area contributed by atoms with Gasteiger partial charge in [0.25, 0.3) is 0 Å². The van der Waals surface area contributed by atoms with Gasteiger partial charge in [0, 0.05) is 24.5 Å². The molecule has 1 aromatic rings. The van der Waals surface area contributed by atoms with Gasteiger partial charge in [-0.2, -0.15) is 18.3 Å². The number of hydrogen-bond donors (Lipinski definition) is 0. The predicted molar refractivity (Wildman–Crippen MR) is 114 cm³/mol. The first kappa shape index (κ1) is 26.2. The standard InChI is InChI=1S/C10H12BrN3.C8H11F3O.C2H6/c1-2-14-4-3-10(13-14)8-5-9(11)7-12-6-8;1-3-7(8(9,10)11)5-4-6-12-2;1-2/h3-6,9H,2,7H2,1H3;3-4,6-7H,1,5H2,2H3;1-2H3/b;6-4+;. The van der Waals surface area contributed by atoms with Gasteiger partial charge in [-0.15, -0.1) is 6.58 Å². The molecule has 158 valence electrons. The SMILES string of the molecule is C=CC(C/C=C/OC)C(F)(F)F.CC.CCn1ccc(C2=CC(Br)CN=C2)n1. The molecule has 0 saturated heterocycles. The summed E-state index contributed by atoms with van der Waals surface area (Å²) in [5, 5.41) is 4.42. The highest BCUT2D eigenvalue weighted by atomic mass is 79.9. The van der Waals surface area contributed by atoms with Gasteiger partial charge >= 0.3 is 6.18 Å². The molecule has 2 atom stereocenters. The number of methoxy groups -OCH3 is 1. The van der Waals surface area contributed by atoms with Gasteiger partial charge in [0.2, 0.25) is 0 Å². The second-order valence-corrected chi connectivity index (χ2v) is 6.59. The molecule has 1 aliphatic rings. The van der Waals surface area contributed by atoms with E-state index in [9.17, 15) is 13.2 Å². The van der Waals surface area contributed by atoms with Crippen LogP contribution in [-0.4, -0.2) is 40.7 Å². The molecule has 2 rings (SSSR count). The number of nitrogens with zero attached hydrogens (tertiary/aromatic N) is 3. The van der Waals surface area contributed by atoms with Gasteiger partial charge < -0.3 is 4.74 Å². The first-order valence-electron chi connectivity index (χ1n) is 9.08. The molecule has 0 aliphatic carbocycles. The Morgan fingerprint density at radius 2 is 2.11 bits per heavy atom. The Bertz CT molecular complexity index is 651. The summed E-state index contributed by atoms with van der Waals surface area (Å²) in [6, 6.07) is 2.02. The van der Waals surface area contributed by atoms with E-state index in [0.29, 0.717) is 4.83 Å². The summed E-state index contributed by atoms with van der Waals surface area (Å²) in [6.45, 7) is 10.9. The highest BCUT2D eigenvalue weighted by Gasteiger charge is 2.36. The van der Waals surface area contributed by atoms with Gasteiger partial charge in [0.15, 0.2) is 0 Å². The van der Waals surface area contributed by atoms with E-state index in [-0.39, 0.29) is 6.42 Å². The maximum absolute atomic E-state index is 12.0. The van der Waals surface area contributed by atoms with Crippen LogP contribution in [0.5, 0.6) is 0 Å². The highest BCUT2D eigenvalue weighted by molar-refractivity contribution is 9.09. The van der Waals surface area contributed by atoms with Gasteiger partial charge in [-0.05, 0) is 25.5 Å². The molecule has 8 heteroatoms. The molecular formula is C20H29BrF3N3O. The molecule has 0 N–H and O–H groups in total. The number of ether oxygens (including phenoxy) is 1. The lowest BCUT2D eigenvalue weighted by Gasteiger charge is -2.13. The third kappa shape index (κ3) is 9.92. The van der Waals surface area contributed by atoms with Crippen molar-refractivity contribution in [3.63, 3.8) is 0 Å². The number of aromatic nitrogens is 2. The van der Waals surface area contributed by atoms with Crippen molar-refractivity contribution in [2.75, 3.05) is 13.7 Å². The van der Waals surface area contributed by atoms with Crippen LogP contribution in [0.4, 0.5) is 13.2 Å². The quantitative estimate of drug-likeness (QED) is 0.292. The van der Waals surface area contributed by atoms with Gasteiger partial charge in [0.1, 0.15) is 0 Å². The van der Waals surface area contributed by atoms with Crippen LogP contribution in [0.3, 0.4) is 0 Å². The summed E-state index contributed by atoms with van der Waals surface area (Å²) in [7, 11) is 1.38. The molecule has 2 heterocycles. The summed E-state index contributed by atoms with van der Waals surface area (Å²) < 4.78 is 42.4. The summed E-state index contributed by atoms with van der Waals surface area (Å²) in [5.74, 6) is -1.48. The fourth-order valence-electron chi connectivity index (χ4n) is 2.05. The van der Waals surface area contributed by atoms with Crippen LogP contribution in [0.2, 0.25) is 0 Å². The zero-order valence-corrected chi connectivity index (χ0v) is 18.4. The van der Waals surface area contributed by atoms with Crippen LogP contribution in [0.25, 0.3) is 5.57 Å². The molecule has 2 unspecified atom stereocenters. The fraction of sp³-hybridized carbons (Fsp3) is 0.500. The summed E-state index contributed by atoms with van der Waals surface area (Å²) >= 11 is 3.53. The minimum absolute atomic E-state index is 0.124. The van der Waals surface area contributed by atoms with E-state index < -0.39 is 12.1 Å². The van der Waals surface area contributed by atoms with Crippen molar-refractivity contribution in [2.24, 2.45) is 10.9 Å². The Morgan fingerprint density at radius 1 is 1.43 bits per heavy atom. The first-order chi connectivity index (χ1) is 13.3. The van der Waals surface area contributed by atoms with Crippen LogP contribution in [0.1, 0.15) is 32.9 Å². The van der Waals surface area contributed by atoms with E-state index >= 15 is 0 Å². The van der Waals surface area contributed by atoms with Gasteiger partial charge in [-0.3, -0.25) is 9.67 Å². The van der Waals surface area contributed by atoms with Crippen molar-refractivity contribution in [3.05, 3.63) is 49.0 Å².